The smallest absolute Gasteiger partial charge is 0.254 e. The SMILES string of the molecule is O=C(NC1(CCl)CCCCC1)c1cc(Br)ccc1F. The van der Waals surface area contributed by atoms with Crippen molar-refractivity contribution in [3.05, 3.63) is 34.1 Å². The second-order valence-corrected chi connectivity index (χ2v) is 6.24. The third-order valence-electron chi connectivity index (χ3n) is 3.62. The minimum absolute atomic E-state index is 0.0597. The number of nitrogens with one attached hydrogen (secondary N) is 1. The zero-order valence-corrected chi connectivity index (χ0v) is 12.9. The van der Waals surface area contributed by atoms with Crippen LogP contribution in [0.1, 0.15) is 42.5 Å². The zero-order valence-electron chi connectivity index (χ0n) is 10.5. The summed E-state index contributed by atoms with van der Waals surface area (Å²) < 4.78 is 14.4. The quantitative estimate of drug-likeness (QED) is 0.813. The molecule has 0 atom stereocenters. The Morgan fingerprint density at radius 2 is 2.05 bits per heavy atom. The van der Waals surface area contributed by atoms with Crippen molar-refractivity contribution in [2.75, 3.05) is 5.88 Å². The Morgan fingerprint density at radius 3 is 2.68 bits per heavy atom. The first kappa shape index (κ1) is 14.8. The number of amides is 1. The van der Waals surface area contributed by atoms with E-state index in [2.05, 4.69) is 21.2 Å². The molecule has 0 unspecified atom stereocenters. The predicted octanol–water partition coefficient (Wildman–Crippen LogP) is 4.26. The highest BCUT2D eigenvalue weighted by Crippen LogP contribution is 2.30. The molecule has 0 radical (unpaired) electrons. The van der Waals surface area contributed by atoms with Crippen LogP contribution in [0.4, 0.5) is 4.39 Å². The van der Waals surface area contributed by atoms with Crippen LogP contribution in [0.3, 0.4) is 0 Å². The van der Waals surface area contributed by atoms with E-state index in [1.54, 1.807) is 6.07 Å². The lowest BCUT2D eigenvalue weighted by atomic mass is 9.83. The van der Waals surface area contributed by atoms with Crippen molar-refractivity contribution in [2.24, 2.45) is 0 Å². The van der Waals surface area contributed by atoms with Gasteiger partial charge in [-0.3, -0.25) is 4.79 Å². The molecule has 5 heteroatoms. The van der Waals surface area contributed by atoms with Gasteiger partial charge in [0.1, 0.15) is 5.82 Å². The van der Waals surface area contributed by atoms with Gasteiger partial charge in [-0.2, -0.15) is 0 Å². The molecule has 0 heterocycles. The van der Waals surface area contributed by atoms with Gasteiger partial charge in [0.25, 0.3) is 5.91 Å². The Labute approximate surface area is 125 Å². The van der Waals surface area contributed by atoms with Crippen molar-refractivity contribution in [2.45, 2.75) is 37.6 Å². The van der Waals surface area contributed by atoms with E-state index < -0.39 is 5.82 Å². The summed E-state index contributed by atoms with van der Waals surface area (Å²) in [5.41, 5.74) is -0.324. The minimum atomic E-state index is -0.513. The molecular formula is C14H16BrClFNO. The highest BCUT2D eigenvalue weighted by Gasteiger charge is 2.33. The molecule has 1 amide bonds. The minimum Gasteiger partial charge on any atom is -0.345 e. The van der Waals surface area contributed by atoms with E-state index in [4.69, 9.17) is 11.6 Å². The summed E-state index contributed by atoms with van der Waals surface area (Å²) in [6.07, 6.45) is 4.98. The summed E-state index contributed by atoms with van der Waals surface area (Å²) >= 11 is 9.27. The van der Waals surface area contributed by atoms with E-state index in [0.717, 1.165) is 25.7 Å². The number of hydrogen-bond donors (Lipinski definition) is 1. The van der Waals surface area contributed by atoms with Crippen LogP contribution in [0.2, 0.25) is 0 Å². The van der Waals surface area contributed by atoms with Crippen molar-refractivity contribution in [3.8, 4) is 0 Å². The molecule has 19 heavy (non-hydrogen) atoms. The van der Waals surface area contributed by atoms with Crippen LogP contribution in [-0.2, 0) is 0 Å². The standard InChI is InChI=1S/C14H16BrClFNO/c15-10-4-5-12(17)11(8-10)13(19)18-14(9-16)6-2-1-3-7-14/h4-5,8H,1-3,6-7,9H2,(H,18,19). The van der Waals surface area contributed by atoms with E-state index in [9.17, 15) is 9.18 Å². The lowest BCUT2D eigenvalue weighted by Crippen LogP contribution is -2.51. The fourth-order valence-corrected chi connectivity index (χ4v) is 3.20. The summed E-state index contributed by atoms with van der Waals surface area (Å²) in [7, 11) is 0. The van der Waals surface area contributed by atoms with Gasteiger partial charge in [0, 0.05) is 10.4 Å². The highest BCUT2D eigenvalue weighted by atomic mass is 79.9. The van der Waals surface area contributed by atoms with E-state index in [1.165, 1.54) is 18.6 Å². The summed E-state index contributed by atoms with van der Waals surface area (Å²) in [5, 5.41) is 2.93. The van der Waals surface area contributed by atoms with Gasteiger partial charge >= 0.3 is 0 Å². The molecule has 104 valence electrons. The van der Waals surface area contributed by atoms with Gasteiger partial charge in [-0.1, -0.05) is 35.2 Å². The maximum atomic E-state index is 13.7. The van der Waals surface area contributed by atoms with E-state index in [1.807, 2.05) is 0 Å². The molecule has 0 aliphatic heterocycles. The molecule has 0 spiro atoms. The van der Waals surface area contributed by atoms with Crippen molar-refractivity contribution in [1.29, 1.82) is 0 Å². The number of carbonyl (C=O) groups excluding carboxylic acids is 1. The maximum absolute atomic E-state index is 13.7. The molecule has 1 aliphatic carbocycles. The zero-order chi connectivity index (χ0) is 13.9. The molecule has 1 N–H and O–H groups in total. The van der Waals surface area contributed by atoms with Crippen LogP contribution in [-0.4, -0.2) is 17.3 Å². The summed E-state index contributed by atoms with van der Waals surface area (Å²) in [4.78, 5) is 12.2. The van der Waals surface area contributed by atoms with E-state index in [-0.39, 0.29) is 17.0 Å². The van der Waals surface area contributed by atoms with Gasteiger partial charge in [0.05, 0.1) is 11.1 Å². The Balaban J connectivity index is 2.17. The Hall–Kier alpha value is -0.610. The fourth-order valence-electron chi connectivity index (χ4n) is 2.50. The van der Waals surface area contributed by atoms with Crippen LogP contribution in [0.5, 0.6) is 0 Å². The van der Waals surface area contributed by atoms with E-state index in [0.29, 0.717) is 10.4 Å². The van der Waals surface area contributed by atoms with Crippen LogP contribution >= 0.6 is 27.5 Å². The largest absolute Gasteiger partial charge is 0.345 e. The predicted molar refractivity (Wildman–Crippen MR) is 78.1 cm³/mol. The average molecular weight is 349 g/mol. The first-order valence-corrected chi connectivity index (χ1v) is 7.73. The monoisotopic (exact) mass is 347 g/mol. The molecule has 2 nitrogen and oxygen atoms in total. The second-order valence-electron chi connectivity index (χ2n) is 5.05. The molecule has 0 aromatic heterocycles. The number of rotatable bonds is 3. The first-order valence-electron chi connectivity index (χ1n) is 6.40. The van der Waals surface area contributed by atoms with Crippen LogP contribution in [0.15, 0.2) is 22.7 Å². The van der Waals surface area contributed by atoms with Gasteiger partial charge < -0.3 is 5.32 Å². The second kappa shape index (κ2) is 6.23. The molecule has 1 saturated carbocycles. The highest BCUT2D eigenvalue weighted by molar-refractivity contribution is 9.10. The van der Waals surface area contributed by atoms with Crippen LogP contribution in [0.25, 0.3) is 0 Å². The molecular weight excluding hydrogens is 333 g/mol. The molecule has 1 fully saturated rings. The van der Waals surface area contributed by atoms with Crippen molar-refractivity contribution in [3.63, 3.8) is 0 Å². The number of halogens is 3. The van der Waals surface area contributed by atoms with Gasteiger partial charge in [-0.25, -0.2) is 4.39 Å². The Morgan fingerprint density at radius 1 is 1.37 bits per heavy atom. The summed E-state index contributed by atoms with van der Waals surface area (Å²) in [6.45, 7) is 0. The first-order chi connectivity index (χ1) is 9.06. The third kappa shape index (κ3) is 3.48. The average Bonchev–Trinajstić information content (AvgIpc) is 2.42. The molecule has 1 aliphatic rings. The number of benzene rings is 1. The van der Waals surface area contributed by atoms with Gasteiger partial charge in [-0.15, -0.1) is 11.6 Å². The van der Waals surface area contributed by atoms with E-state index >= 15 is 0 Å². The number of carbonyl (C=O) groups is 1. The molecule has 2 rings (SSSR count). The van der Waals surface area contributed by atoms with Crippen molar-refractivity contribution in [1.82, 2.24) is 5.32 Å². The summed E-state index contributed by atoms with van der Waals surface area (Å²) in [6, 6.07) is 4.35. The fraction of sp³-hybridized carbons (Fsp3) is 0.500. The van der Waals surface area contributed by atoms with Gasteiger partial charge in [-0.05, 0) is 31.0 Å². The number of hydrogen-bond acceptors (Lipinski definition) is 1. The van der Waals surface area contributed by atoms with Crippen LogP contribution < -0.4 is 5.32 Å². The Kier molecular flexibility index (Phi) is 4.85. The van der Waals surface area contributed by atoms with Gasteiger partial charge in [0.15, 0.2) is 0 Å². The van der Waals surface area contributed by atoms with Crippen molar-refractivity contribution < 1.29 is 9.18 Å². The lowest BCUT2D eigenvalue weighted by Gasteiger charge is -2.36. The maximum Gasteiger partial charge on any atom is 0.254 e. The third-order valence-corrected chi connectivity index (χ3v) is 4.62. The molecule has 1 aromatic carbocycles. The van der Waals surface area contributed by atoms with Crippen LogP contribution in [0, 0.1) is 5.82 Å². The number of alkyl halides is 1. The summed E-state index contributed by atoms with van der Waals surface area (Å²) in [5.74, 6) is -0.531. The topological polar surface area (TPSA) is 29.1 Å². The van der Waals surface area contributed by atoms with Crippen molar-refractivity contribution >= 4 is 33.4 Å². The van der Waals surface area contributed by atoms with Gasteiger partial charge in [0.2, 0.25) is 0 Å². The Bertz CT molecular complexity index is 475. The molecule has 1 aromatic rings. The lowest BCUT2D eigenvalue weighted by molar-refractivity contribution is 0.0880. The molecule has 0 bridgehead atoms. The molecule has 0 saturated heterocycles. The normalized spacial score (nSPS) is 18.1.